The summed E-state index contributed by atoms with van der Waals surface area (Å²) in [6.07, 6.45) is 0. The van der Waals surface area contributed by atoms with Gasteiger partial charge in [-0.3, -0.25) is 4.79 Å². The number of halogens is 2. The molecule has 0 aliphatic rings. The highest BCUT2D eigenvalue weighted by Gasteiger charge is 2.16. The zero-order valence-electron chi connectivity index (χ0n) is 12.2. The van der Waals surface area contributed by atoms with E-state index >= 15 is 0 Å². The third-order valence-corrected chi connectivity index (χ3v) is 3.93. The van der Waals surface area contributed by atoms with Gasteiger partial charge in [0.2, 0.25) is 0 Å². The largest absolute Gasteiger partial charge is 0.495 e. The van der Waals surface area contributed by atoms with E-state index in [1.54, 1.807) is 18.2 Å². The maximum Gasteiger partial charge on any atom is 0.259 e. The van der Waals surface area contributed by atoms with Crippen molar-refractivity contribution in [2.24, 2.45) is 0 Å². The molecule has 2 aromatic rings. The Morgan fingerprint density at radius 2 is 1.86 bits per heavy atom. The van der Waals surface area contributed by atoms with Gasteiger partial charge in [-0.2, -0.15) is 0 Å². The molecule has 1 N–H and O–H groups in total. The Morgan fingerprint density at radius 3 is 2.45 bits per heavy atom. The van der Waals surface area contributed by atoms with Crippen molar-refractivity contribution in [1.29, 1.82) is 0 Å². The molecule has 0 atom stereocenters. The van der Waals surface area contributed by atoms with Crippen LogP contribution in [0.1, 0.15) is 17.3 Å². The van der Waals surface area contributed by atoms with Crippen LogP contribution in [-0.2, 0) is 0 Å². The number of carbonyl (C=O) groups is 1. The van der Waals surface area contributed by atoms with Gasteiger partial charge in [-0.25, -0.2) is 0 Å². The summed E-state index contributed by atoms with van der Waals surface area (Å²) in [4.78, 5) is 12.4. The summed E-state index contributed by atoms with van der Waals surface area (Å²) in [5, 5.41) is 2.84. The van der Waals surface area contributed by atoms with Gasteiger partial charge < -0.3 is 14.8 Å². The van der Waals surface area contributed by atoms with Gasteiger partial charge in [0.05, 0.1) is 23.8 Å². The molecule has 0 unspecified atom stereocenters. The summed E-state index contributed by atoms with van der Waals surface area (Å²) in [5.41, 5.74) is 1.13. The number of hydrogen-bond acceptors (Lipinski definition) is 3. The number of rotatable bonds is 5. The van der Waals surface area contributed by atoms with Crippen LogP contribution >= 0.6 is 31.9 Å². The number of ether oxygens (including phenoxy) is 2. The highest BCUT2D eigenvalue weighted by molar-refractivity contribution is 9.11. The van der Waals surface area contributed by atoms with E-state index in [0.29, 0.717) is 28.1 Å². The Balaban J connectivity index is 2.22. The lowest BCUT2D eigenvalue weighted by Crippen LogP contribution is -2.13. The number of nitrogens with one attached hydrogen (secondary N) is 1. The predicted molar refractivity (Wildman–Crippen MR) is 94.0 cm³/mol. The summed E-state index contributed by atoms with van der Waals surface area (Å²) in [6, 6.07) is 10.8. The van der Waals surface area contributed by atoms with Crippen molar-refractivity contribution in [2.75, 3.05) is 19.0 Å². The van der Waals surface area contributed by atoms with Crippen LogP contribution in [-0.4, -0.2) is 19.6 Å². The van der Waals surface area contributed by atoms with Crippen molar-refractivity contribution in [1.82, 2.24) is 0 Å². The van der Waals surface area contributed by atoms with E-state index in [1.807, 2.05) is 25.1 Å². The van der Waals surface area contributed by atoms with E-state index < -0.39 is 0 Å². The molecule has 0 fully saturated rings. The van der Waals surface area contributed by atoms with Crippen molar-refractivity contribution in [3.05, 3.63) is 50.9 Å². The Kier molecular flexibility index (Phi) is 5.85. The summed E-state index contributed by atoms with van der Waals surface area (Å²) < 4.78 is 12.2. The topological polar surface area (TPSA) is 47.6 Å². The fourth-order valence-electron chi connectivity index (χ4n) is 1.94. The van der Waals surface area contributed by atoms with Gasteiger partial charge in [0.1, 0.15) is 11.5 Å². The van der Waals surface area contributed by atoms with Crippen LogP contribution < -0.4 is 14.8 Å². The second-order valence-electron chi connectivity index (χ2n) is 4.38. The molecule has 0 saturated heterocycles. The second kappa shape index (κ2) is 7.65. The molecule has 0 aliphatic carbocycles. The Labute approximate surface area is 146 Å². The smallest absolute Gasteiger partial charge is 0.259 e. The lowest BCUT2D eigenvalue weighted by Gasteiger charge is -2.12. The van der Waals surface area contributed by atoms with Crippen molar-refractivity contribution >= 4 is 43.5 Å². The molecule has 0 aromatic heterocycles. The van der Waals surface area contributed by atoms with E-state index in [0.717, 1.165) is 10.2 Å². The summed E-state index contributed by atoms with van der Waals surface area (Å²) in [6.45, 7) is 2.53. The molecular formula is C16H15Br2NO3. The molecule has 0 spiro atoms. The monoisotopic (exact) mass is 427 g/mol. The number of hydrogen-bond donors (Lipinski definition) is 1. The first-order chi connectivity index (χ1) is 10.5. The van der Waals surface area contributed by atoms with Gasteiger partial charge in [-0.15, -0.1) is 0 Å². The highest BCUT2D eigenvalue weighted by atomic mass is 79.9. The van der Waals surface area contributed by atoms with Gasteiger partial charge in [0.25, 0.3) is 5.91 Å². The Hall–Kier alpha value is -1.53. The quantitative estimate of drug-likeness (QED) is 0.738. The molecule has 0 heterocycles. The number of carbonyl (C=O) groups excluding carboxylic acids is 1. The van der Waals surface area contributed by atoms with Crippen LogP contribution in [0.5, 0.6) is 11.5 Å². The maximum atomic E-state index is 12.4. The molecule has 0 aliphatic heterocycles. The first-order valence-corrected chi connectivity index (χ1v) is 8.21. The minimum Gasteiger partial charge on any atom is -0.495 e. The summed E-state index contributed by atoms with van der Waals surface area (Å²) >= 11 is 6.76. The molecular weight excluding hydrogens is 414 g/mol. The van der Waals surface area contributed by atoms with Crippen LogP contribution in [0.25, 0.3) is 0 Å². The predicted octanol–water partition coefficient (Wildman–Crippen LogP) is 4.87. The lowest BCUT2D eigenvalue weighted by atomic mass is 10.2. The lowest BCUT2D eigenvalue weighted by molar-refractivity contribution is 0.102. The van der Waals surface area contributed by atoms with Crippen LogP contribution in [0.2, 0.25) is 0 Å². The van der Waals surface area contributed by atoms with Crippen molar-refractivity contribution < 1.29 is 14.3 Å². The van der Waals surface area contributed by atoms with Gasteiger partial charge in [0, 0.05) is 10.2 Å². The average Bonchev–Trinajstić information content (AvgIpc) is 2.49. The van der Waals surface area contributed by atoms with E-state index in [4.69, 9.17) is 9.47 Å². The highest BCUT2D eigenvalue weighted by Crippen LogP contribution is 2.33. The molecule has 0 saturated carbocycles. The second-order valence-corrected chi connectivity index (χ2v) is 6.15. The van der Waals surface area contributed by atoms with Crippen molar-refractivity contribution in [3.63, 3.8) is 0 Å². The normalized spacial score (nSPS) is 10.2. The number of benzene rings is 2. The van der Waals surface area contributed by atoms with Gasteiger partial charge in [-0.1, -0.05) is 15.9 Å². The summed E-state index contributed by atoms with van der Waals surface area (Å²) in [5.74, 6) is 1.01. The molecule has 0 bridgehead atoms. The molecule has 116 valence electrons. The number of methoxy groups -OCH3 is 1. The maximum absolute atomic E-state index is 12.4. The molecule has 1 amide bonds. The van der Waals surface area contributed by atoms with E-state index in [-0.39, 0.29) is 5.91 Å². The standard InChI is InChI=1S/C16H15Br2NO3/c1-3-22-12-6-4-11(5-7-12)19-16(20)13-8-10(17)9-14(18)15(13)21-2/h4-9H,3H2,1-2H3,(H,19,20). The van der Waals surface area contributed by atoms with Crippen LogP contribution in [0, 0.1) is 0 Å². The molecule has 2 rings (SSSR count). The molecule has 0 radical (unpaired) electrons. The Bertz CT molecular complexity index is 672. The van der Waals surface area contributed by atoms with Gasteiger partial charge in [0.15, 0.2) is 0 Å². The van der Waals surface area contributed by atoms with Crippen molar-refractivity contribution in [3.8, 4) is 11.5 Å². The van der Waals surface area contributed by atoms with Crippen LogP contribution in [0.3, 0.4) is 0 Å². The third kappa shape index (κ3) is 4.01. The molecule has 6 heteroatoms. The minimum atomic E-state index is -0.247. The Morgan fingerprint density at radius 1 is 1.18 bits per heavy atom. The third-order valence-electron chi connectivity index (χ3n) is 2.88. The van der Waals surface area contributed by atoms with E-state index in [2.05, 4.69) is 37.2 Å². The van der Waals surface area contributed by atoms with Crippen LogP contribution in [0.4, 0.5) is 5.69 Å². The fraction of sp³-hybridized carbons (Fsp3) is 0.188. The first kappa shape index (κ1) is 16.8. The average molecular weight is 429 g/mol. The van der Waals surface area contributed by atoms with Gasteiger partial charge in [-0.05, 0) is 59.3 Å². The van der Waals surface area contributed by atoms with E-state index in [9.17, 15) is 4.79 Å². The number of anilines is 1. The molecule has 2 aromatic carbocycles. The zero-order valence-corrected chi connectivity index (χ0v) is 15.3. The molecule has 22 heavy (non-hydrogen) atoms. The summed E-state index contributed by atoms with van der Waals surface area (Å²) in [7, 11) is 1.53. The van der Waals surface area contributed by atoms with Gasteiger partial charge >= 0.3 is 0 Å². The number of amides is 1. The SMILES string of the molecule is CCOc1ccc(NC(=O)c2cc(Br)cc(Br)c2OC)cc1. The fourth-order valence-corrected chi connectivity index (χ4v) is 3.32. The van der Waals surface area contributed by atoms with Crippen LogP contribution in [0.15, 0.2) is 45.3 Å². The van der Waals surface area contributed by atoms with E-state index in [1.165, 1.54) is 7.11 Å². The molecule has 4 nitrogen and oxygen atoms in total. The van der Waals surface area contributed by atoms with Crippen molar-refractivity contribution in [2.45, 2.75) is 6.92 Å². The minimum absolute atomic E-state index is 0.247. The first-order valence-electron chi connectivity index (χ1n) is 6.62. The zero-order chi connectivity index (χ0) is 16.1.